The van der Waals surface area contributed by atoms with E-state index in [0.29, 0.717) is 5.71 Å². The van der Waals surface area contributed by atoms with Crippen molar-refractivity contribution in [3.05, 3.63) is 90.8 Å². The van der Waals surface area contributed by atoms with E-state index >= 15 is 0 Å². The van der Waals surface area contributed by atoms with E-state index in [2.05, 4.69) is 10.4 Å². The van der Waals surface area contributed by atoms with Gasteiger partial charge in [0.25, 0.3) is 0 Å². The molecule has 0 spiro atoms. The van der Waals surface area contributed by atoms with Gasteiger partial charge in [-0.1, -0.05) is 60.7 Å². The fraction of sp³-hybridized carbons (Fsp3) is 0. The second-order valence-electron chi connectivity index (χ2n) is 5.12. The first-order chi connectivity index (χ1) is 11.7. The first kappa shape index (κ1) is 15.4. The molecule has 0 aliphatic heterocycles. The van der Waals surface area contributed by atoms with Crippen LogP contribution >= 0.6 is 0 Å². The van der Waals surface area contributed by atoms with Crippen LogP contribution in [0.15, 0.2) is 85.2 Å². The maximum absolute atomic E-state index is 8.02. The number of hydrogen-bond acceptors (Lipinski definition) is 3. The fourth-order valence-corrected chi connectivity index (χ4v) is 2.20. The lowest BCUT2D eigenvalue weighted by molar-refractivity contribution is 0.886. The van der Waals surface area contributed by atoms with Crippen LogP contribution in [0.25, 0.3) is 11.3 Å². The van der Waals surface area contributed by atoms with Crippen LogP contribution in [0, 0.1) is 10.8 Å². The molecule has 0 atom stereocenters. The topological polar surface area (TPSA) is 77.5 Å². The molecule has 5 heteroatoms. The van der Waals surface area contributed by atoms with Crippen LogP contribution in [0.1, 0.15) is 5.56 Å². The molecule has 3 aromatic rings. The summed E-state index contributed by atoms with van der Waals surface area (Å²) in [5.74, 6) is 0.120. The maximum Gasteiger partial charge on any atom is 0.220 e. The highest BCUT2D eigenvalue weighted by molar-refractivity contribution is 6.06. The number of benzene rings is 2. The number of allylic oxidation sites excluding steroid dienone is 1. The van der Waals surface area contributed by atoms with E-state index < -0.39 is 0 Å². The Hall–Kier alpha value is -3.47. The molecule has 0 aliphatic carbocycles. The van der Waals surface area contributed by atoms with Gasteiger partial charge in [-0.15, -0.1) is 0 Å². The summed E-state index contributed by atoms with van der Waals surface area (Å²) in [6.45, 7) is 0. The second-order valence-corrected chi connectivity index (χ2v) is 5.12. The predicted octanol–water partition coefficient (Wildman–Crippen LogP) is 3.50. The Morgan fingerprint density at radius 1 is 0.917 bits per heavy atom. The highest BCUT2D eigenvalue weighted by Crippen LogP contribution is 2.15. The minimum atomic E-state index is 0.120. The highest BCUT2D eigenvalue weighted by atomic mass is 15.4. The minimum Gasteiger partial charge on any atom is -0.331 e. The van der Waals surface area contributed by atoms with Crippen molar-refractivity contribution < 1.29 is 0 Å². The van der Waals surface area contributed by atoms with Crippen LogP contribution in [-0.2, 0) is 0 Å². The zero-order valence-corrected chi connectivity index (χ0v) is 13.0. The average molecular weight is 315 g/mol. The van der Waals surface area contributed by atoms with Gasteiger partial charge in [-0.05, 0) is 17.7 Å². The molecule has 1 aromatic heterocycles. The molecule has 24 heavy (non-hydrogen) atoms. The van der Waals surface area contributed by atoms with Gasteiger partial charge in [-0.3, -0.25) is 5.41 Å². The van der Waals surface area contributed by atoms with Crippen molar-refractivity contribution in [3.63, 3.8) is 0 Å². The van der Waals surface area contributed by atoms with E-state index in [4.69, 9.17) is 10.8 Å². The molecule has 118 valence electrons. The van der Waals surface area contributed by atoms with Gasteiger partial charge in [0.1, 0.15) is 0 Å². The van der Waals surface area contributed by atoms with Crippen LogP contribution in [0.3, 0.4) is 0 Å². The summed E-state index contributed by atoms with van der Waals surface area (Å²) in [5, 5.41) is 23.2. The molecule has 0 saturated carbocycles. The van der Waals surface area contributed by atoms with Crippen molar-refractivity contribution in [1.29, 1.82) is 10.8 Å². The minimum absolute atomic E-state index is 0.120. The summed E-state index contributed by atoms with van der Waals surface area (Å²) in [6.07, 6.45) is 4.92. The normalized spacial score (nSPS) is 10.7. The van der Waals surface area contributed by atoms with E-state index in [9.17, 15) is 0 Å². The van der Waals surface area contributed by atoms with Crippen molar-refractivity contribution in [2.75, 3.05) is 0 Å². The number of aromatic nitrogens is 2. The average Bonchev–Trinajstić information content (AvgIpc) is 3.13. The Morgan fingerprint density at radius 3 is 2.29 bits per heavy atom. The predicted molar refractivity (Wildman–Crippen MR) is 96.3 cm³/mol. The SMILES string of the molecule is N=C(/C=C\NC(=N)n1ccc(-c2ccccc2)n1)c1ccccc1. The van der Waals surface area contributed by atoms with Gasteiger partial charge in [-0.25, -0.2) is 4.68 Å². The Morgan fingerprint density at radius 2 is 1.58 bits per heavy atom. The number of nitrogens with zero attached hydrogens (tertiary/aromatic N) is 2. The van der Waals surface area contributed by atoms with E-state index in [1.165, 1.54) is 4.68 Å². The molecule has 0 fully saturated rings. The third-order valence-electron chi connectivity index (χ3n) is 3.44. The van der Waals surface area contributed by atoms with Gasteiger partial charge in [0.05, 0.1) is 11.4 Å². The van der Waals surface area contributed by atoms with Gasteiger partial charge in [0.2, 0.25) is 5.96 Å². The van der Waals surface area contributed by atoms with Gasteiger partial charge in [0, 0.05) is 18.0 Å². The summed E-state index contributed by atoms with van der Waals surface area (Å²) < 4.78 is 1.46. The fourth-order valence-electron chi connectivity index (χ4n) is 2.20. The zero-order chi connectivity index (χ0) is 16.8. The van der Waals surface area contributed by atoms with Crippen LogP contribution in [0.5, 0.6) is 0 Å². The lowest BCUT2D eigenvalue weighted by atomic mass is 10.1. The Kier molecular flexibility index (Phi) is 4.62. The van der Waals surface area contributed by atoms with Crippen LogP contribution in [0.2, 0.25) is 0 Å². The molecule has 2 aromatic carbocycles. The molecule has 0 bridgehead atoms. The van der Waals surface area contributed by atoms with Crippen molar-refractivity contribution >= 4 is 11.7 Å². The second kappa shape index (κ2) is 7.19. The lowest BCUT2D eigenvalue weighted by Gasteiger charge is -2.03. The summed E-state index contributed by atoms with van der Waals surface area (Å²) in [6, 6.07) is 21.1. The molecular weight excluding hydrogens is 298 g/mol. The molecule has 3 rings (SSSR count). The van der Waals surface area contributed by atoms with Gasteiger partial charge in [-0.2, -0.15) is 5.10 Å². The number of hydrogen-bond donors (Lipinski definition) is 3. The van der Waals surface area contributed by atoms with Crippen LogP contribution in [-0.4, -0.2) is 21.5 Å². The molecule has 5 nitrogen and oxygen atoms in total. The maximum atomic E-state index is 8.02. The van der Waals surface area contributed by atoms with Crippen molar-refractivity contribution in [1.82, 2.24) is 15.1 Å². The van der Waals surface area contributed by atoms with Gasteiger partial charge in [0.15, 0.2) is 0 Å². The molecule has 0 saturated heterocycles. The van der Waals surface area contributed by atoms with E-state index in [0.717, 1.165) is 16.8 Å². The number of nitrogens with one attached hydrogen (secondary N) is 3. The summed E-state index contributed by atoms with van der Waals surface area (Å²) >= 11 is 0. The van der Waals surface area contributed by atoms with E-state index in [1.807, 2.05) is 66.7 Å². The van der Waals surface area contributed by atoms with Crippen LogP contribution < -0.4 is 5.32 Å². The largest absolute Gasteiger partial charge is 0.331 e. The molecular formula is C19H17N5. The summed E-state index contributed by atoms with van der Waals surface area (Å²) in [7, 11) is 0. The highest BCUT2D eigenvalue weighted by Gasteiger charge is 2.04. The standard InChI is InChI=1S/C19H17N5/c20-17(15-7-3-1-4-8-15)11-13-22-19(21)24-14-12-18(23-24)16-9-5-2-6-10-16/h1-14,20H,(H2,21,22)/b13-11-,20-17?. The number of rotatable bonds is 4. The Labute approximate surface area is 140 Å². The lowest BCUT2D eigenvalue weighted by Crippen LogP contribution is -2.25. The van der Waals surface area contributed by atoms with Crippen molar-refractivity contribution in [2.45, 2.75) is 0 Å². The molecule has 0 radical (unpaired) electrons. The molecule has 1 heterocycles. The zero-order valence-electron chi connectivity index (χ0n) is 13.0. The third kappa shape index (κ3) is 3.64. The quantitative estimate of drug-likeness (QED) is 0.509. The first-order valence-electron chi connectivity index (χ1n) is 7.51. The third-order valence-corrected chi connectivity index (χ3v) is 3.44. The Bertz CT molecular complexity index is 863. The van der Waals surface area contributed by atoms with Gasteiger partial charge >= 0.3 is 0 Å². The molecule has 3 N–H and O–H groups in total. The van der Waals surface area contributed by atoms with E-state index in [1.54, 1.807) is 18.5 Å². The van der Waals surface area contributed by atoms with Crippen molar-refractivity contribution in [2.24, 2.45) is 0 Å². The van der Waals surface area contributed by atoms with Gasteiger partial charge < -0.3 is 10.7 Å². The summed E-state index contributed by atoms with van der Waals surface area (Å²) in [4.78, 5) is 0. The van der Waals surface area contributed by atoms with Crippen molar-refractivity contribution in [3.8, 4) is 11.3 Å². The monoisotopic (exact) mass is 315 g/mol. The van der Waals surface area contributed by atoms with E-state index in [-0.39, 0.29) is 5.96 Å². The smallest absolute Gasteiger partial charge is 0.220 e. The molecule has 0 amide bonds. The first-order valence-corrected chi connectivity index (χ1v) is 7.51. The summed E-state index contributed by atoms with van der Waals surface area (Å²) in [5.41, 5.74) is 3.02. The molecule has 0 aliphatic rings. The molecule has 0 unspecified atom stereocenters. The van der Waals surface area contributed by atoms with Crippen LogP contribution in [0.4, 0.5) is 0 Å². The Balaban J connectivity index is 1.63.